The monoisotopic (exact) mass is 466 g/mol. The minimum atomic E-state index is -0.475. The first-order valence-corrected chi connectivity index (χ1v) is 11.3. The lowest BCUT2D eigenvalue weighted by Gasteiger charge is -2.31. The largest absolute Gasteiger partial charge is 0.365 e. The summed E-state index contributed by atoms with van der Waals surface area (Å²) in [5, 5.41) is 2.64. The molecule has 1 N–H and O–H groups in total. The van der Waals surface area contributed by atoms with Crippen LogP contribution in [-0.2, 0) is 22.7 Å². The van der Waals surface area contributed by atoms with Crippen molar-refractivity contribution in [3.05, 3.63) is 83.4 Å². The molecule has 1 aromatic heterocycles. The molecule has 2 aliphatic rings. The first kappa shape index (κ1) is 22.2. The van der Waals surface area contributed by atoms with E-state index in [1.165, 1.54) is 24.3 Å². The number of para-hydroxylation sites is 1. The number of piperidine rings is 1. The standard InChI is InChI=1S/C25H24F2N4O3/c26-18-7-5-16(6-8-18)22-13-31-15-28-23(21(31)14-34-22)25(33)30-11-9-17(10-12-30)24(32)29-20-4-2-1-3-19(20)27/h1-8,15,17,22H,9-14H2,(H,29,32). The lowest BCUT2D eigenvalue weighted by Crippen LogP contribution is -2.42. The molecule has 0 saturated carbocycles. The number of likely N-dealkylation sites (tertiary alicyclic amines) is 1. The van der Waals surface area contributed by atoms with Gasteiger partial charge in [-0.1, -0.05) is 24.3 Å². The molecule has 1 saturated heterocycles. The predicted molar refractivity (Wildman–Crippen MR) is 120 cm³/mol. The number of aromatic nitrogens is 2. The lowest BCUT2D eigenvalue weighted by molar-refractivity contribution is -0.121. The second-order valence-electron chi connectivity index (χ2n) is 8.58. The van der Waals surface area contributed by atoms with Crippen molar-refractivity contribution in [3.63, 3.8) is 0 Å². The highest BCUT2D eigenvalue weighted by molar-refractivity contribution is 5.95. The zero-order chi connectivity index (χ0) is 23.7. The van der Waals surface area contributed by atoms with Crippen LogP contribution >= 0.6 is 0 Å². The van der Waals surface area contributed by atoms with E-state index in [0.717, 1.165) is 5.56 Å². The van der Waals surface area contributed by atoms with Crippen LogP contribution in [0, 0.1) is 17.6 Å². The fourth-order valence-corrected chi connectivity index (χ4v) is 4.48. The average molecular weight is 466 g/mol. The Kier molecular flexibility index (Phi) is 6.10. The van der Waals surface area contributed by atoms with E-state index in [-0.39, 0.29) is 41.9 Å². The van der Waals surface area contributed by atoms with Gasteiger partial charge in [-0.25, -0.2) is 13.8 Å². The number of halogens is 2. The van der Waals surface area contributed by atoms with Gasteiger partial charge in [0.15, 0.2) is 5.69 Å². The Balaban J connectivity index is 1.19. The summed E-state index contributed by atoms with van der Waals surface area (Å²) in [5.74, 6) is -1.50. The highest BCUT2D eigenvalue weighted by atomic mass is 19.1. The molecule has 1 atom stereocenters. The van der Waals surface area contributed by atoms with Gasteiger partial charge in [0.05, 0.1) is 30.9 Å². The van der Waals surface area contributed by atoms with Crippen LogP contribution in [0.15, 0.2) is 54.9 Å². The molecule has 3 aromatic rings. The predicted octanol–water partition coefficient (Wildman–Crippen LogP) is 3.92. The summed E-state index contributed by atoms with van der Waals surface area (Å²) < 4.78 is 34.9. The quantitative estimate of drug-likeness (QED) is 0.632. The van der Waals surface area contributed by atoms with Gasteiger partial charge in [-0.2, -0.15) is 0 Å². The van der Waals surface area contributed by atoms with Crippen molar-refractivity contribution < 1.29 is 23.1 Å². The highest BCUT2D eigenvalue weighted by Crippen LogP contribution is 2.29. The number of nitrogens with one attached hydrogen (secondary N) is 1. The van der Waals surface area contributed by atoms with Crippen LogP contribution in [0.5, 0.6) is 0 Å². The van der Waals surface area contributed by atoms with Crippen molar-refractivity contribution in [1.29, 1.82) is 0 Å². The Hall–Kier alpha value is -3.59. The average Bonchev–Trinajstić information content (AvgIpc) is 3.29. The molecule has 2 aliphatic heterocycles. The third kappa shape index (κ3) is 4.43. The summed E-state index contributed by atoms with van der Waals surface area (Å²) >= 11 is 0. The fraction of sp³-hybridized carbons (Fsp3) is 0.320. The number of fused-ring (bicyclic) bond motifs is 1. The molecule has 0 aliphatic carbocycles. The molecule has 2 aromatic carbocycles. The Morgan fingerprint density at radius 1 is 1.03 bits per heavy atom. The number of hydrogen-bond acceptors (Lipinski definition) is 4. The van der Waals surface area contributed by atoms with Crippen LogP contribution in [0.2, 0.25) is 0 Å². The summed E-state index contributed by atoms with van der Waals surface area (Å²) in [6, 6.07) is 12.2. The molecule has 9 heteroatoms. The molecular weight excluding hydrogens is 442 g/mol. The topological polar surface area (TPSA) is 76.5 Å². The first-order chi connectivity index (χ1) is 16.5. The van der Waals surface area contributed by atoms with Crippen LogP contribution in [0.4, 0.5) is 14.5 Å². The zero-order valence-corrected chi connectivity index (χ0v) is 18.4. The number of benzene rings is 2. The van der Waals surface area contributed by atoms with Gasteiger partial charge in [0.25, 0.3) is 5.91 Å². The number of carbonyl (C=O) groups is 2. The van der Waals surface area contributed by atoms with E-state index in [2.05, 4.69) is 10.3 Å². The van der Waals surface area contributed by atoms with Gasteiger partial charge < -0.3 is 19.5 Å². The van der Waals surface area contributed by atoms with Gasteiger partial charge in [-0.3, -0.25) is 9.59 Å². The van der Waals surface area contributed by atoms with E-state index >= 15 is 0 Å². The Labute approximate surface area is 195 Å². The van der Waals surface area contributed by atoms with Crippen molar-refractivity contribution in [2.24, 2.45) is 5.92 Å². The van der Waals surface area contributed by atoms with Gasteiger partial charge >= 0.3 is 0 Å². The van der Waals surface area contributed by atoms with Gasteiger partial charge in [-0.05, 0) is 42.7 Å². The second kappa shape index (κ2) is 9.34. The van der Waals surface area contributed by atoms with Gasteiger partial charge in [-0.15, -0.1) is 0 Å². The molecule has 1 fully saturated rings. The van der Waals surface area contributed by atoms with Crippen LogP contribution in [0.1, 0.15) is 40.7 Å². The maximum Gasteiger partial charge on any atom is 0.274 e. The number of ether oxygens (including phenoxy) is 1. The molecule has 3 heterocycles. The second-order valence-corrected chi connectivity index (χ2v) is 8.58. The zero-order valence-electron chi connectivity index (χ0n) is 18.4. The molecule has 2 amide bonds. The van der Waals surface area contributed by atoms with E-state index in [1.807, 2.05) is 4.57 Å². The van der Waals surface area contributed by atoms with E-state index in [1.54, 1.807) is 35.5 Å². The van der Waals surface area contributed by atoms with E-state index in [9.17, 15) is 18.4 Å². The van der Waals surface area contributed by atoms with Gasteiger partial charge in [0.1, 0.15) is 17.7 Å². The molecule has 34 heavy (non-hydrogen) atoms. The summed E-state index contributed by atoms with van der Waals surface area (Å²) in [6.07, 6.45) is 2.38. The molecular formula is C25H24F2N4O3. The van der Waals surface area contributed by atoms with Crippen molar-refractivity contribution in [2.75, 3.05) is 18.4 Å². The number of rotatable bonds is 4. The number of nitrogens with zero attached hydrogens (tertiary/aromatic N) is 3. The van der Waals surface area contributed by atoms with Crippen LogP contribution in [-0.4, -0.2) is 39.4 Å². The molecule has 1 unspecified atom stereocenters. The summed E-state index contributed by atoms with van der Waals surface area (Å²) in [6.45, 7) is 1.54. The van der Waals surface area contributed by atoms with Crippen LogP contribution in [0.3, 0.4) is 0 Å². The molecule has 0 radical (unpaired) electrons. The SMILES string of the molecule is O=C(Nc1ccccc1F)C1CCN(C(=O)c2ncn3c2COC(c2ccc(F)cc2)C3)CC1. The first-order valence-electron chi connectivity index (χ1n) is 11.3. The number of carbonyl (C=O) groups excluding carboxylic acids is 2. The minimum absolute atomic E-state index is 0.162. The Bertz CT molecular complexity index is 1200. The Morgan fingerprint density at radius 2 is 1.76 bits per heavy atom. The Morgan fingerprint density at radius 3 is 2.50 bits per heavy atom. The van der Waals surface area contributed by atoms with Gasteiger partial charge in [0.2, 0.25) is 5.91 Å². The minimum Gasteiger partial charge on any atom is -0.365 e. The van der Waals surface area contributed by atoms with E-state index < -0.39 is 5.82 Å². The molecule has 0 spiro atoms. The third-order valence-electron chi connectivity index (χ3n) is 6.46. The maximum absolute atomic E-state index is 13.8. The number of anilines is 1. The van der Waals surface area contributed by atoms with Crippen molar-refractivity contribution >= 4 is 17.5 Å². The number of hydrogen-bond donors (Lipinski definition) is 1. The molecule has 5 rings (SSSR count). The molecule has 176 valence electrons. The number of imidazole rings is 1. The number of amides is 2. The van der Waals surface area contributed by atoms with Gasteiger partial charge in [0, 0.05) is 19.0 Å². The summed E-state index contributed by atoms with van der Waals surface area (Å²) in [5.41, 5.74) is 2.09. The third-order valence-corrected chi connectivity index (χ3v) is 6.46. The van der Waals surface area contributed by atoms with Crippen molar-refractivity contribution in [3.8, 4) is 0 Å². The molecule has 0 bridgehead atoms. The summed E-state index contributed by atoms with van der Waals surface area (Å²) in [4.78, 5) is 31.7. The smallest absolute Gasteiger partial charge is 0.274 e. The summed E-state index contributed by atoms with van der Waals surface area (Å²) in [7, 11) is 0. The highest BCUT2D eigenvalue weighted by Gasteiger charge is 2.32. The normalized spacial score (nSPS) is 18.4. The fourth-order valence-electron chi connectivity index (χ4n) is 4.48. The van der Waals surface area contributed by atoms with Crippen LogP contribution in [0.25, 0.3) is 0 Å². The van der Waals surface area contributed by atoms with E-state index in [4.69, 9.17) is 4.74 Å². The maximum atomic E-state index is 13.8. The molecule has 7 nitrogen and oxygen atoms in total. The van der Waals surface area contributed by atoms with Crippen molar-refractivity contribution in [1.82, 2.24) is 14.5 Å². The van der Waals surface area contributed by atoms with E-state index in [0.29, 0.717) is 43.9 Å². The van der Waals surface area contributed by atoms with Crippen LogP contribution < -0.4 is 5.32 Å². The van der Waals surface area contributed by atoms with Crippen molar-refractivity contribution in [2.45, 2.75) is 32.1 Å². The lowest BCUT2D eigenvalue weighted by atomic mass is 9.95.